The molecule has 1 aliphatic heterocycles. The maximum absolute atomic E-state index is 13.1. The first-order valence-electron chi connectivity index (χ1n) is 6.25. The minimum Gasteiger partial charge on any atom is -0.475 e. The van der Waals surface area contributed by atoms with Crippen molar-refractivity contribution in [2.24, 2.45) is 0 Å². The zero-order valence-electron chi connectivity index (χ0n) is 10.7. The fraction of sp³-hybridized carbons (Fsp3) is 0.125. The molecule has 1 atom stereocenters. The standard InChI is InChI=1S/C16H10ClF3O/c17-11-6-7-12-13(9-11)15(16(18,19)20)21-14(12)8-10-4-2-1-3-5-10/h1-9,15H/b14-8-. The molecule has 0 N–H and O–H groups in total. The molecule has 2 aromatic carbocycles. The van der Waals surface area contributed by atoms with Gasteiger partial charge in [-0.25, -0.2) is 0 Å². The summed E-state index contributed by atoms with van der Waals surface area (Å²) in [6.45, 7) is 0. The second-order valence-electron chi connectivity index (χ2n) is 4.69. The Hall–Kier alpha value is -1.94. The Labute approximate surface area is 124 Å². The number of fused-ring (bicyclic) bond motifs is 1. The van der Waals surface area contributed by atoms with E-state index in [0.717, 1.165) is 5.56 Å². The van der Waals surface area contributed by atoms with Crippen LogP contribution in [0, 0.1) is 0 Å². The summed E-state index contributed by atoms with van der Waals surface area (Å²) in [6.07, 6.45) is -4.86. The SMILES string of the molecule is FC(F)(F)C1O/C(=C\c2ccccc2)c2ccc(Cl)cc21. The van der Waals surface area contributed by atoms with E-state index < -0.39 is 12.3 Å². The Morgan fingerprint density at radius 3 is 2.43 bits per heavy atom. The van der Waals surface area contributed by atoms with Gasteiger partial charge < -0.3 is 4.74 Å². The summed E-state index contributed by atoms with van der Waals surface area (Å²) in [4.78, 5) is 0. The first kappa shape index (κ1) is 14.0. The van der Waals surface area contributed by atoms with Crippen LogP contribution in [0.25, 0.3) is 11.8 Å². The zero-order chi connectivity index (χ0) is 15.0. The molecule has 0 spiro atoms. The largest absolute Gasteiger partial charge is 0.475 e. The number of rotatable bonds is 1. The molecule has 1 nitrogen and oxygen atoms in total. The molecule has 0 bridgehead atoms. The van der Waals surface area contributed by atoms with Gasteiger partial charge in [0.2, 0.25) is 6.10 Å². The Morgan fingerprint density at radius 1 is 1.05 bits per heavy atom. The fourth-order valence-corrected chi connectivity index (χ4v) is 2.46. The van der Waals surface area contributed by atoms with Crippen LogP contribution in [0.3, 0.4) is 0 Å². The highest BCUT2D eigenvalue weighted by atomic mass is 35.5. The number of halogens is 4. The minimum absolute atomic E-state index is 0.0529. The van der Waals surface area contributed by atoms with Crippen LogP contribution in [0.5, 0.6) is 0 Å². The van der Waals surface area contributed by atoms with E-state index >= 15 is 0 Å². The molecule has 0 saturated carbocycles. The highest BCUT2D eigenvalue weighted by Gasteiger charge is 2.48. The molecule has 5 heteroatoms. The molecule has 0 radical (unpaired) electrons. The van der Waals surface area contributed by atoms with Gasteiger partial charge in [0.05, 0.1) is 0 Å². The molecular weight excluding hydrogens is 301 g/mol. The average Bonchev–Trinajstić information content (AvgIpc) is 2.78. The van der Waals surface area contributed by atoms with E-state index in [4.69, 9.17) is 16.3 Å². The van der Waals surface area contributed by atoms with Gasteiger partial charge in [0.15, 0.2) is 0 Å². The van der Waals surface area contributed by atoms with Crippen molar-refractivity contribution in [1.82, 2.24) is 0 Å². The minimum atomic E-state index is -4.48. The van der Waals surface area contributed by atoms with E-state index in [1.54, 1.807) is 30.3 Å². The lowest BCUT2D eigenvalue weighted by atomic mass is 10.0. The third kappa shape index (κ3) is 2.76. The first-order valence-corrected chi connectivity index (χ1v) is 6.63. The highest BCUT2D eigenvalue weighted by molar-refractivity contribution is 6.30. The first-order chi connectivity index (χ1) is 9.95. The molecule has 0 saturated heterocycles. The third-order valence-electron chi connectivity index (χ3n) is 3.20. The highest BCUT2D eigenvalue weighted by Crippen LogP contribution is 2.48. The van der Waals surface area contributed by atoms with Gasteiger partial charge in [0.1, 0.15) is 5.76 Å². The molecule has 0 aliphatic carbocycles. The normalized spacial score (nSPS) is 19.4. The Bertz CT molecular complexity index is 692. The summed E-state index contributed by atoms with van der Waals surface area (Å²) >= 11 is 5.80. The summed E-state index contributed by atoms with van der Waals surface area (Å²) in [6, 6.07) is 13.5. The third-order valence-corrected chi connectivity index (χ3v) is 3.44. The second kappa shape index (κ2) is 5.11. The number of benzene rings is 2. The van der Waals surface area contributed by atoms with Crippen molar-refractivity contribution >= 4 is 23.4 Å². The van der Waals surface area contributed by atoms with Gasteiger partial charge in [-0.3, -0.25) is 0 Å². The van der Waals surface area contributed by atoms with Crippen molar-refractivity contribution in [3.63, 3.8) is 0 Å². The van der Waals surface area contributed by atoms with Crippen molar-refractivity contribution < 1.29 is 17.9 Å². The summed E-state index contributed by atoms with van der Waals surface area (Å²) in [5.41, 5.74) is 1.25. The van der Waals surface area contributed by atoms with Crippen molar-refractivity contribution in [3.8, 4) is 0 Å². The fourth-order valence-electron chi connectivity index (χ4n) is 2.28. The monoisotopic (exact) mass is 310 g/mol. The molecule has 21 heavy (non-hydrogen) atoms. The van der Waals surface area contributed by atoms with E-state index in [0.29, 0.717) is 5.56 Å². The van der Waals surface area contributed by atoms with Crippen molar-refractivity contribution in [2.75, 3.05) is 0 Å². The Kier molecular flexibility index (Phi) is 3.41. The van der Waals surface area contributed by atoms with E-state index in [2.05, 4.69) is 0 Å². The quantitative estimate of drug-likeness (QED) is 0.678. The van der Waals surface area contributed by atoms with Gasteiger partial charge >= 0.3 is 6.18 Å². The van der Waals surface area contributed by atoms with Crippen LogP contribution in [-0.2, 0) is 4.74 Å². The second-order valence-corrected chi connectivity index (χ2v) is 5.13. The van der Waals surface area contributed by atoms with Crippen LogP contribution in [-0.4, -0.2) is 6.18 Å². The van der Waals surface area contributed by atoms with Gasteiger partial charge in [-0.1, -0.05) is 41.9 Å². The smallest absolute Gasteiger partial charge is 0.429 e. The van der Waals surface area contributed by atoms with E-state index in [1.807, 2.05) is 18.2 Å². The van der Waals surface area contributed by atoms with Crippen LogP contribution < -0.4 is 0 Å². The topological polar surface area (TPSA) is 9.23 Å². The van der Waals surface area contributed by atoms with Gasteiger partial charge in [0, 0.05) is 16.1 Å². The number of alkyl halides is 3. The van der Waals surface area contributed by atoms with Crippen LogP contribution in [0.2, 0.25) is 5.02 Å². The van der Waals surface area contributed by atoms with Gasteiger partial charge in [0.25, 0.3) is 0 Å². The Morgan fingerprint density at radius 2 is 1.76 bits per heavy atom. The number of ether oxygens (including phenoxy) is 1. The molecule has 0 amide bonds. The summed E-state index contributed by atoms with van der Waals surface area (Å²) in [7, 11) is 0. The molecule has 3 rings (SSSR count). The lowest BCUT2D eigenvalue weighted by molar-refractivity contribution is -0.201. The van der Waals surface area contributed by atoms with Crippen LogP contribution in [0.4, 0.5) is 13.2 Å². The van der Waals surface area contributed by atoms with Crippen molar-refractivity contribution in [3.05, 3.63) is 70.2 Å². The van der Waals surface area contributed by atoms with Gasteiger partial charge in [-0.15, -0.1) is 0 Å². The van der Waals surface area contributed by atoms with Crippen LogP contribution in [0.15, 0.2) is 48.5 Å². The predicted molar refractivity (Wildman–Crippen MR) is 75.6 cm³/mol. The molecule has 0 aromatic heterocycles. The molecule has 1 aliphatic rings. The zero-order valence-corrected chi connectivity index (χ0v) is 11.4. The molecule has 1 heterocycles. The van der Waals surface area contributed by atoms with Gasteiger partial charge in [-0.2, -0.15) is 13.2 Å². The maximum atomic E-state index is 13.1. The van der Waals surface area contributed by atoms with Crippen molar-refractivity contribution in [1.29, 1.82) is 0 Å². The molecular formula is C16H10ClF3O. The van der Waals surface area contributed by atoms with E-state index in [9.17, 15) is 13.2 Å². The van der Waals surface area contributed by atoms with Crippen LogP contribution in [0.1, 0.15) is 22.8 Å². The summed E-state index contributed by atoms with van der Waals surface area (Å²) in [5.74, 6) is 0.204. The summed E-state index contributed by atoms with van der Waals surface area (Å²) in [5, 5.41) is 0.257. The average molecular weight is 311 g/mol. The van der Waals surface area contributed by atoms with Crippen LogP contribution >= 0.6 is 11.6 Å². The molecule has 2 aromatic rings. The molecule has 0 fully saturated rings. The lowest BCUT2D eigenvalue weighted by Gasteiger charge is -2.15. The Balaban J connectivity index is 2.09. The van der Waals surface area contributed by atoms with Crippen molar-refractivity contribution in [2.45, 2.75) is 12.3 Å². The molecule has 1 unspecified atom stereocenters. The van der Waals surface area contributed by atoms with Gasteiger partial charge in [-0.05, 0) is 29.8 Å². The lowest BCUT2D eigenvalue weighted by Crippen LogP contribution is -2.19. The predicted octanol–water partition coefficient (Wildman–Crippen LogP) is 5.47. The van der Waals surface area contributed by atoms with E-state index in [1.165, 1.54) is 6.07 Å². The summed E-state index contributed by atoms with van der Waals surface area (Å²) < 4.78 is 44.4. The molecule has 108 valence electrons. The maximum Gasteiger partial charge on any atom is 0.429 e. The van der Waals surface area contributed by atoms with E-state index in [-0.39, 0.29) is 16.3 Å². The number of hydrogen-bond acceptors (Lipinski definition) is 1. The number of hydrogen-bond donors (Lipinski definition) is 0.